The molecule has 1 saturated heterocycles. The lowest BCUT2D eigenvalue weighted by atomic mass is 9.99. The number of carboxylic acid groups (broad SMARTS) is 1. The Balaban J connectivity index is 1.51. The Morgan fingerprint density at radius 2 is 1.52 bits per heavy atom. The number of amides is 2. The highest BCUT2D eigenvalue weighted by molar-refractivity contribution is 6.11. The lowest BCUT2D eigenvalue weighted by molar-refractivity contribution is 0.0179. The molecule has 2 N–H and O–H groups in total. The first-order valence-corrected chi connectivity index (χ1v) is 15.0. The molecule has 4 rings (SSSR count). The van der Waals surface area contributed by atoms with Gasteiger partial charge in [0.2, 0.25) is 0 Å². The first-order chi connectivity index (χ1) is 23.0. The van der Waals surface area contributed by atoms with E-state index in [1.807, 2.05) is 0 Å². The lowest BCUT2D eigenvalue weighted by Gasteiger charge is -2.28. The van der Waals surface area contributed by atoms with Gasteiger partial charge in [-0.05, 0) is 61.4 Å². The van der Waals surface area contributed by atoms with Crippen LogP contribution in [0.15, 0.2) is 60.7 Å². The highest BCUT2D eigenvalue weighted by atomic mass is 19.1. The third kappa shape index (κ3) is 8.77. The molecular weight excluding hydrogens is 629 g/mol. The van der Waals surface area contributed by atoms with Gasteiger partial charge in [0, 0.05) is 52.5 Å². The SMILES string of the molecule is COCOc1ccc(C(=O)N[C@@H]2CN(C(=O)O)CCC[C@H]2OC(=O)c2ccc(C(=O)c3c(OCOC)ccc(N(C)C)c3F)cc2)cc1. The summed E-state index contributed by atoms with van der Waals surface area (Å²) in [6, 6.07) is 13.9. The van der Waals surface area contributed by atoms with Crippen molar-refractivity contribution in [2.45, 2.75) is 25.0 Å². The summed E-state index contributed by atoms with van der Waals surface area (Å²) in [6.45, 7) is -0.0697. The topological polar surface area (TPSA) is 153 Å². The van der Waals surface area contributed by atoms with E-state index in [-0.39, 0.29) is 61.2 Å². The van der Waals surface area contributed by atoms with Crippen molar-refractivity contribution in [1.82, 2.24) is 10.2 Å². The molecule has 0 radical (unpaired) electrons. The van der Waals surface area contributed by atoms with Gasteiger partial charge in [-0.1, -0.05) is 12.1 Å². The Morgan fingerprint density at radius 3 is 2.15 bits per heavy atom. The summed E-state index contributed by atoms with van der Waals surface area (Å²) in [4.78, 5) is 54.4. The number of nitrogens with zero attached hydrogens (tertiary/aromatic N) is 2. The number of benzene rings is 3. The number of ketones is 1. The van der Waals surface area contributed by atoms with Crippen LogP contribution in [0.1, 0.15) is 49.5 Å². The summed E-state index contributed by atoms with van der Waals surface area (Å²) in [5.41, 5.74) is 0.383. The standard InChI is InChI=1S/C34H38FN3O10/c1-37(2)26-15-16-28(47-20-45-4)29(30(26)35)31(39)21-7-9-23(10-8-21)33(41)48-27-6-5-17-38(34(42)43)18-25(27)36-32(40)22-11-13-24(14-12-22)46-19-44-3/h7-16,25,27H,5-6,17-20H2,1-4H3,(H,36,40)(H,42,43)/t25-,27-/m1/s1. The number of hydrogen-bond acceptors (Lipinski definition) is 10. The molecule has 0 aliphatic carbocycles. The van der Waals surface area contributed by atoms with Gasteiger partial charge in [0.05, 0.1) is 17.3 Å². The van der Waals surface area contributed by atoms with Crippen molar-refractivity contribution < 1.29 is 52.4 Å². The van der Waals surface area contributed by atoms with Gasteiger partial charge in [0.1, 0.15) is 23.2 Å². The fraction of sp³-hybridized carbons (Fsp3) is 0.353. The molecule has 2 atom stereocenters. The van der Waals surface area contributed by atoms with Crippen molar-refractivity contribution in [3.05, 3.63) is 88.7 Å². The Labute approximate surface area is 277 Å². The number of likely N-dealkylation sites (tertiary alicyclic amines) is 1. The number of hydrogen-bond donors (Lipinski definition) is 2. The smallest absolute Gasteiger partial charge is 0.407 e. The molecule has 0 unspecified atom stereocenters. The molecule has 3 aromatic rings. The van der Waals surface area contributed by atoms with Crippen LogP contribution in [0.4, 0.5) is 14.9 Å². The van der Waals surface area contributed by atoms with Gasteiger partial charge in [-0.25, -0.2) is 14.0 Å². The van der Waals surface area contributed by atoms with E-state index in [0.29, 0.717) is 17.7 Å². The second kappa shape index (κ2) is 16.6. The number of ether oxygens (including phenoxy) is 5. The molecule has 0 spiro atoms. The number of carbonyl (C=O) groups is 4. The Kier molecular flexibility index (Phi) is 12.3. The predicted molar refractivity (Wildman–Crippen MR) is 171 cm³/mol. The Bertz CT molecular complexity index is 1600. The van der Waals surface area contributed by atoms with Crippen LogP contribution in [-0.2, 0) is 14.2 Å². The minimum Gasteiger partial charge on any atom is -0.468 e. The van der Waals surface area contributed by atoms with E-state index in [9.17, 15) is 24.3 Å². The third-order valence-corrected chi connectivity index (χ3v) is 7.60. The van der Waals surface area contributed by atoms with E-state index < -0.39 is 41.7 Å². The molecule has 256 valence electrons. The van der Waals surface area contributed by atoms with Crippen LogP contribution in [0.25, 0.3) is 0 Å². The van der Waals surface area contributed by atoms with Gasteiger partial charge in [-0.15, -0.1) is 0 Å². The quantitative estimate of drug-likeness (QED) is 0.153. The second-order valence-corrected chi connectivity index (χ2v) is 11.1. The van der Waals surface area contributed by atoms with E-state index in [1.54, 1.807) is 38.4 Å². The molecule has 1 aliphatic rings. The lowest BCUT2D eigenvalue weighted by Crippen LogP contribution is -2.51. The average Bonchev–Trinajstić information content (AvgIpc) is 3.28. The van der Waals surface area contributed by atoms with E-state index in [2.05, 4.69) is 5.32 Å². The first kappa shape index (κ1) is 35.6. The number of rotatable bonds is 13. The highest BCUT2D eigenvalue weighted by Gasteiger charge is 2.33. The molecule has 1 aliphatic heterocycles. The van der Waals surface area contributed by atoms with Gasteiger partial charge in [0.15, 0.2) is 25.2 Å². The number of methoxy groups -OCH3 is 2. The van der Waals surface area contributed by atoms with Gasteiger partial charge >= 0.3 is 12.1 Å². The zero-order valence-corrected chi connectivity index (χ0v) is 27.1. The predicted octanol–water partition coefficient (Wildman–Crippen LogP) is 4.19. The number of nitrogens with one attached hydrogen (secondary N) is 1. The minimum atomic E-state index is -1.16. The summed E-state index contributed by atoms with van der Waals surface area (Å²) in [7, 11) is 6.17. The molecule has 0 bridgehead atoms. The van der Waals surface area contributed by atoms with Gasteiger partial charge in [-0.2, -0.15) is 0 Å². The van der Waals surface area contributed by atoms with Gasteiger partial charge in [0.25, 0.3) is 5.91 Å². The Morgan fingerprint density at radius 1 is 0.896 bits per heavy atom. The van der Waals surface area contributed by atoms with Crippen molar-refractivity contribution >= 4 is 29.4 Å². The highest BCUT2D eigenvalue weighted by Crippen LogP contribution is 2.31. The first-order valence-electron chi connectivity index (χ1n) is 15.0. The van der Waals surface area contributed by atoms with Crippen molar-refractivity contribution in [2.75, 3.05) is 59.9 Å². The fourth-order valence-corrected chi connectivity index (χ4v) is 5.12. The molecule has 0 saturated carbocycles. The van der Waals surface area contributed by atoms with Crippen molar-refractivity contribution in [3.8, 4) is 11.5 Å². The van der Waals surface area contributed by atoms with E-state index in [1.165, 1.54) is 55.5 Å². The average molecular weight is 668 g/mol. The summed E-state index contributed by atoms with van der Waals surface area (Å²) < 4.78 is 41.9. The van der Waals surface area contributed by atoms with E-state index >= 15 is 4.39 Å². The molecular formula is C34H38FN3O10. The second-order valence-electron chi connectivity index (χ2n) is 11.1. The normalized spacial score (nSPS) is 16.0. The van der Waals surface area contributed by atoms with Crippen molar-refractivity contribution in [1.29, 1.82) is 0 Å². The number of anilines is 1. The number of carbonyl (C=O) groups excluding carboxylic acids is 3. The summed E-state index contributed by atoms with van der Waals surface area (Å²) in [5, 5.41) is 12.5. The van der Waals surface area contributed by atoms with Crippen molar-refractivity contribution in [2.24, 2.45) is 0 Å². The van der Waals surface area contributed by atoms with Crippen LogP contribution in [0.3, 0.4) is 0 Å². The molecule has 1 heterocycles. The van der Waals surface area contributed by atoms with Gasteiger partial charge < -0.3 is 43.9 Å². The van der Waals surface area contributed by atoms with Crippen LogP contribution in [-0.4, -0.2) is 101 Å². The zero-order chi connectivity index (χ0) is 34.8. The van der Waals surface area contributed by atoms with Gasteiger partial charge in [-0.3, -0.25) is 9.59 Å². The largest absolute Gasteiger partial charge is 0.468 e. The van der Waals surface area contributed by atoms with Crippen LogP contribution < -0.4 is 19.7 Å². The maximum absolute atomic E-state index is 15.5. The van der Waals surface area contributed by atoms with Crippen LogP contribution in [0.5, 0.6) is 11.5 Å². The third-order valence-electron chi connectivity index (χ3n) is 7.60. The molecule has 3 aromatic carbocycles. The maximum atomic E-state index is 15.5. The van der Waals surface area contributed by atoms with E-state index in [0.717, 1.165) is 4.90 Å². The summed E-state index contributed by atoms with van der Waals surface area (Å²) in [5.74, 6) is -2.18. The summed E-state index contributed by atoms with van der Waals surface area (Å²) in [6.07, 6.45) is -1.35. The molecule has 14 heteroatoms. The fourth-order valence-electron chi connectivity index (χ4n) is 5.12. The molecule has 13 nitrogen and oxygen atoms in total. The molecule has 1 fully saturated rings. The molecule has 48 heavy (non-hydrogen) atoms. The summed E-state index contributed by atoms with van der Waals surface area (Å²) >= 11 is 0. The number of esters is 1. The zero-order valence-electron chi connectivity index (χ0n) is 27.1. The Hall–Kier alpha value is -5.21. The van der Waals surface area contributed by atoms with Crippen LogP contribution in [0.2, 0.25) is 0 Å². The molecule has 2 amide bonds. The maximum Gasteiger partial charge on any atom is 0.407 e. The minimum absolute atomic E-state index is 0.000614. The van der Waals surface area contributed by atoms with Crippen molar-refractivity contribution in [3.63, 3.8) is 0 Å². The monoisotopic (exact) mass is 667 g/mol. The molecule has 0 aromatic heterocycles. The van der Waals surface area contributed by atoms with Crippen LogP contribution in [0, 0.1) is 5.82 Å². The number of halogens is 1. The van der Waals surface area contributed by atoms with Crippen LogP contribution >= 0.6 is 0 Å². The van der Waals surface area contributed by atoms with E-state index in [4.69, 9.17) is 23.7 Å².